The molecule has 0 bridgehead atoms. The van der Waals surface area contributed by atoms with Crippen molar-refractivity contribution in [3.05, 3.63) is 64.4 Å². The molecule has 0 aliphatic heterocycles. The maximum absolute atomic E-state index is 12.3. The third-order valence-electron chi connectivity index (χ3n) is 4.90. The Morgan fingerprint density at radius 3 is 2.26 bits per heavy atom. The molecule has 0 amide bonds. The second-order valence-electron chi connectivity index (χ2n) is 7.11. The highest BCUT2D eigenvalue weighted by Gasteiger charge is 2.08. The lowest BCUT2D eigenvalue weighted by molar-refractivity contribution is 0.257. The number of hydrogen-bond donors (Lipinski definition) is 1. The summed E-state index contributed by atoms with van der Waals surface area (Å²) in [4.78, 5) is 22.3. The predicted molar refractivity (Wildman–Crippen MR) is 113 cm³/mol. The number of unbranched alkanes of at least 4 members (excludes halogenated alkanes) is 2. The van der Waals surface area contributed by atoms with Crippen LogP contribution in [-0.4, -0.2) is 28.0 Å². The first kappa shape index (κ1) is 19.3. The maximum Gasteiger partial charge on any atom is 0.259 e. The van der Waals surface area contributed by atoms with Gasteiger partial charge in [0.2, 0.25) is 0 Å². The normalized spacial score (nSPS) is 11.4. The maximum atomic E-state index is 12.3. The Kier molecular flexibility index (Phi) is 6.77. The number of para-hydroxylation sites is 1. The number of fused-ring (bicyclic) bond motifs is 1. The summed E-state index contributed by atoms with van der Waals surface area (Å²) in [5.74, 6) is 0.624. The van der Waals surface area contributed by atoms with Gasteiger partial charge < -0.3 is 4.98 Å². The molecule has 27 heavy (non-hydrogen) atoms. The van der Waals surface area contributed by atoms with Crippen molar-refractivity contribution in [2.75, 3.05) is 13.1 Å². The summed E-state index contributed by atoms with van der Waals surface area (Å²) in [6.07, 6.45) is 4.93. The molecule has 0 aliphatic rings. The number of nitrogens with zero attached hydrogens (tertiary/aromatic N) is 2. The van der Waals surface area contributed by atoms with Gasteiger partial charge in [0.05, 0.1) is 10.9 Å². The molecule has 1 aromatic heterocycles. The zero-order valence-corrected chi connectivity index (χ0v) is 16.4. The minimum absolute atomic E-state index is 0.0926. The molecule has 0 fully saturated rings. The molecule has 4 heteroatoms. The van der Waals surface area contributed by atoms with Crippen molar-refractivity contribution >= 4 is 10.9 Å². The zero-order chi connectivity index (χ0) is 19.1. The Labute approximate surface area is 161 Å². The van der Waals surface area contributed by atoms with E-state index in [1.54, 1.807) is 6.07 Å². The van der Waals surface area contributed by atoms with Crippen molar-refractivity contribution in [3.8, 4) is 11.4 Å². The smallest absolute Gasteiger partial charge is 0.259 e. The van der Waals surface area contributed by atoms with Crippen LogP contribution in [0.2, 0.25) is 0 Å². The topological polar surface area (TPSA) is 49.0 Å². The Hall–Kier alpha value is -2.46. The van der Waals surface area contributed by atoms with E-state index in [0.29, 0.717) is 11.2 Å². The molecule has 142 valence electrons. The van der Waals surface area contributed by atoms with Gasteiger partial charge in [-0.15, -0.1) is 0 Å². The lowest BCUT2D eigenvalue weighted by Gasteiger charge is -2.22. The fourth-order valence-corrected chi connectivity index (χ4v) is 3.28. The van der Waals surface area contributed by atoms with Crippen molar-refractivity contribution < 1.29 is 0 Å². The second-order valence-corrected chi connectivity index (χ2v) is 7.11. The largest absolute Gasteiger partial charge is 0.306 e. The van der Waals surface area contributed by atoms with E-state index >= 15 is 0 Å². The number of rotatable bonds is 9. The standard InChI is InChI=1S/C23H29N3O/c1-3-5-15-26(16-6-4-2)17-18-11-13-19(14-12-18)22-24-21-10-8-7-9-20(21)23(27)25-22/h7-14H,3-6,15-17H2,1-2H3,(H,24,25,27). The summed E-state index contributed by atoms with van der Waals surface area (Å²) in [5.41, 5.74) is 2.87. The van der Waals surface area contributed by atoms with E-state index in [9.17, 15) is 4.79 Å². The summed E-state index contributed by atoms with van der Waals surface area (Å²) in [7, 11) is 0. The Morgan fingerprint density at radius 1 is 0.926 bits per heavy atom. The van der Waals surface area contributed by atoms with Gasteiger partial charge >= 0.3 is 0 Å². The van der Waals surface area contributed by atoms with Crippen molar-refractivity contribution in [3.63, 3.8) is 0 Å². The highest BCUT2D eigenvalue weighted by molar-refractivity contribution is 5.79. The summed E-state index contributed by atoms with van der Waals surface area (Å²) in [6, 6.07) is 15.8. The second kappa shape index (κ2) is 9.47. The quantitative estimate of drug-likeness (QED) is 0.582. The van der Waals surface area contributed by atoms with Crippen LogP contribution in [0.1, 0.15) is 45.1 Å². The van der Waals surface area contributed by atoms with Crippen LogP contribution in [0.15, 0.2) is 53.3 Å². The molecule has 4 nitrogen and oxygen atoms in total. The van der Waals surface area contributed by atoms with E-state index in [-0.39, 0.29) is 5.56 Å². The van der Waals surface area contributed by atoms with E-state index in [1.807, 2.05) is 18.2 Å². The number of hydrogen-bond acceptors (Lipinski definition) is 3. The number of H-pyrrole nitrogens is 1. The van der Waals surface area contributed by atoms with Gasteiger partial charge in [0.15, 0.2) is 0 Å². The SMILES string of the molecule is CCCCN(CCCC)Cc1ccc(-c2nc3ccccc3c(=O)[nH]2)cc1. The molecule has 2 aromatic carbocycles. The van der Waals surface area contributed by atoms with E-state index in [2.05, 4.69) is 53.0 Å². The average Bonchev–Trinajstić information content (AvgIpc) is 2.70. The number of aromatic amines is 1. The van der Waals surface area contributed by atoms with Gasteiger partial charge in [0, 0.05) is 12.1 Å². The van der Waals surface area contributed by atoms with Crippen LogP contribution >= 0.6 is 0 Å². The van der Waals surface area contributed by atoms with Crippen LogP contribution < -0.4 is 5.56 Å². The zero-order valence-electron chi connectivity index (χ0n) is 16.4. The molecule has 0 saturated carbocycles. The Balaban J connectivity index is 1.77. The van der Waals surface area contributed by atoms with Gasteiger partial charge in [-0.05, 0) is 43.6 Å². The minimum atomic E-state index is -0.0926. The molecule has 0 unspecified atom stereocenters. The van der Waals surface area contributed by atoms with E-state index in [0.717, 1.165) is 30.7 Å². The monoisotopic (exact) mass is 363 g/mol. The van der Waals surface area contributed by atoms with E-state index in [1.165, 1.54) is 31.2 Å². The van der Waals surface area contributed by atoms with Crippen LogP contribution in [-0.2, 0) is 6.54 Å². The summed E-state index contributed by atoms with van der Waals surface area (Å²) in [6.45, 7) is 7.76. The van der Waals surface area contributed by atoms with E-state index < -0.39 is 0 Å². The van der Waals surface area contributed by atoms with Crippen LogP contribution in [0.4, 0.5) is 0 Å². The molecule has 0 atom stereocenters. The minimum Gasteiger partial charge on any atom is -0.306 e. The molecule has 0 aliphatic carbocycles. The first-order chi connectivity index (χ1) is 13.2. The summed E-state index contributed by atoms with van der Waals surface area (Å²) >= 11 is 0. The lowest BCUT2D eigenvalue weighted by atomic mass is 10.1. The first-order valence-corrected chi connectivity index (χ1v) is 10.0. The molecule has 1 N–H and O–H groups in total. The van der Waals surface area contributed by atoms with E-state index in [4.69, 9.17) is 0 Å². The van der Waals surface area contributed by atoms with Gasteiger partial charge in [0.25, 0.3) is 5.56 Å². The fraction of sp³-hybridized carbons (Fsp3) is 0.391. The van der Waals surface area contributed by atoms with Gasteiger partial charge in [0.1, 0.15) is 5.82 Å². The first-order valence-electron chi connectivity index (χ1n) is 10.0. The molecule has 3 rings (SSSR count). The molecule has 1 heterocycles. The Bertz CT molecular complexity index is 907. The van der Waals surface area contributed by atoms with Crippen LogP contribution in [0, 0.1) is 0 Å². The van der Waals surface area contributed by atoms with Gasteiger partial charge in [-0.2, -0.15) is 0 Å². The van der Waals surface area contributed by atoms with Crippen LogP contribution in [0.3, 0.4) is 0 Å². The molecule has 3 aromatic rings. The van der Waals surface area contributed by atoms with Crippen molar-refractivity contribution in [2.24, 2.45) is 0 Å². The third-order valence-corrected chi connectivity index (χ3v) is 4.90. The number of nitrogens with one attached hydrogen (secondary N) is 1. The summed E-state index contributed by atoms with van der Waals surface area (Å²) in [5, 5.41) is 0.625. The number of aromatic nitrogens is 2. The predicted octanol–water partition coefficient (Wildman–Crippen LogP) is 4.99. The van der Waals surface area contributed by atoms with Gasteiger partial charge in [-0.25, -0.2) is 4.98 Å². The Morgan fingerprint density at radius 2 is 1.59 bits per heavy atom. The molecular formula is C23H29N3O. The fourth-order valence-electron chi connectivity index (χ4n) is 3.28. The third kappa shape index (κ3) is 5.04. The lowest BCUT2D eigenvalue weighted by Crippen LogP contribution is -2.25. The van der Waals surface area contributed by atoms with Crippen molar-refractivity contribution in [1.29, 1.82) is 0 Å². The molecule has 0 spiro atoms. The summed E-state index contributed by atoms with van der Waals surface area (Å²) < 4.78 is 0. The highest BCUT2D eigenvalue weighted by atomic mass is 16.1. The average molecular weight is 364 g/mol. The van der Waals surface area contributed by atoms with Crippen molar-refractivity contribution in [2.45, 2.75) is 46.1 Å². The highest BCUT2D eigenvalue weighted by Crippen LogP contribution is 2.18. The van der Waals surface area contributed by atoms with Crippen molar-refractivity contribution in [1.82, 2.24) is 14.9 Å². The van der Waals surface area contributed by atoms with Crippen LogP contribution in [0.5, 0.6) is 0 Å². The van der Waals surface area contributed by atoms with Gasteiger partial charge in [-0.3, -0.25) is 9.69 Å². The molecule has 0 radical (unpaired) electrons. The van der Waals surface area contributed by atoms with Gasteiger partial charge in [-0.1, -0.05) is 63.1 Å². The van der Waals surface area contributed by atoms with Crippen LogP contribution in [0.25, 0.3) is 22.3 Å². The molecule has 0 saturated heterocycles. The molecular weight excluding hydrogens is 334 g/mol. The number of benzene rings is 2.